The summed E-state index contributed by atoms with van der Waals surface area (Å²) < 4.78 is 27.8. The lowest BCUT2D eigenvalue weighted by atomic mass is 10.0. The Morgan fingerprint density at radius 1 is 0.976 bits per heavy atom. The van der Waals surface area contributed by atoms with E-state index in [1.54, 1.807) is 12.1 Å². The van der Waals surface area contributed by atoms with Gasteiger partial charge in [-0.2, -0.15) is 0 Å². The summed E-state index contributed by atoms with van der Waals surface area (Å²) in [6.45, 7) is 3.18. The number of piperazine rings is 1. The van der Waals surface area contributed by atoms with Crippen LogP contribution < -0.4 is 15.4 Å². The van der Waals surface area contributed by atoms with Crippen molar-refractivity contribution in [2.75, 3.05) is 42.3 Å². The molecule has 0 spiro atoms. The van der Waals surface area contributed by atoms with Crippen LogP contribution >= 0.6 is 12.4 Å². The number of sulfonamides is 1. The van der Waals surface area contributed by atoms with E-state index in [9.17, 15) is 23.3 Å². The van der Waals surface area contributed by atoms with Gasteiger partial charge in [-0.15, -0.1) is 12.4 Å². The minimum Gasteiger partial charge on any atom is -0.368 e. The number of halogens is 1. The molecule has 1 aromatic heterocycles. The average molecular weight is 613 g/mol. The minimum absolute atomic E-state index is 0. The fraction of sp³-hybridized carbons (Fsp3) is 0.276. The van der Waals surface area contributed by atoms with Crippen LogP contribution in [0.2, 0.25) is 0 Å². The van der Waals surface area contributed by atoms with Crippen LogP contribution in [0.5, 0.6) is 0 Å². The van der Waals surface area contributed by atoms with Gasteiger partial charge in [-0.05, 0) is 79.0 Å². The van der Waals surface area contributed by atoms with Gasteiger partial charge in [-0.3, -0.25) is 19.6 Å². The first kappa shape index (κ1) is 30.8. The van der Waals surface area contributed by atoms with E-state index in [1.807, 2.05) is 23.2 Å². The predicted molar refractivity (Wildman–Crippen MR) is 166 cm³/mol. The van der Waals surface area contributed by atoms with Gasteiger partial charge in [0.1, 0.15) is 0 Å². The summed E-state index contributed by atoms with van der Waals surface area (Å²) in [7, 11) is -3.89. The SMILES string of the molecule is Cl.NCCc1c[nH]c2ccc(CCC(=O)N3CCN(c4ccc(NS(=O)(=O)c5ccc([N+](=O)[O-])cc5)cc4)CC3)cc12. The molecule has 4 aromatic rings. The van der Waals surface area contributed by atoms with Crippen LogP contribution in [0.4, 0.5) is 17.1 Å². The lowest BCUT2D eigenvalue weighted by Crippen LogP contribution is -2.48. The van der Waals surface area contributed by atoms with Gasteiger partial charge in [0.05, 0.1) is 9.82 Å². The normalized spacial score (nSPS) is 13.5. The molecule has 4 N–H and O–H groups in total. The molecule has 1 aliphatic heterocycles. The Morgan fingerprint density at radius 2 is 1.67 bits per heavy atom. The molecule has 0 aliphatic carbocycles. The van der Waals surface area contributed by atoms with Crippen LogP contribution in [0.1, 0.15) is 17.5 Å². The highest BCUT2D eigenvalue weighted by molar-refractivity contribution is 7.92. The van der Waals surface area contributed by atoms with E-state index in [0.29, 0.717) is 51.3 Å². The van der Waals surface area contributed by atoms with Crippen LogP contribution in [-0.4, -0.2) is 61.9 Å². The number of nitrogens with two attached hydrogens (primary N) is 1. The van der Waals surface area contributed by atoms with Crippen LogP contribution in [-0.2, 0) is 27.7 Å². The first-order valence-electron chi connectivity index (χ1n) is 13.4. The van der Waals surface area contributed by atoms with Crippen molar-refractivity contribution in [1.29, 1.82) is 0 Å². The van der Waals surface area contributed by atoms with E-state index in [-0.39, 0.29) is 28.9 Å². The van der Waals surface area contributed by atoms with Gasteiger partial charge in [-0.1, -0.05) is 6.07 Å². The molecular weight excluding hydrogens is 580 g/mol. The summed E-state index contributed by atoms with van der Waals surface area (Å²) in [5.74, 6) is 0.136. The minimum atomic E-state index is -3.89. The third-order valence-electron chi connectivity index (χ3n) is 7.35. The molecule has 13 heteroatoms. The number of benzene rings is 3. The summed E-state index contributed by atoms with van der Waals surface area (Å²) in [6.07, 6.45) is 3.94. The van der Waals surface area contributed by atoms with Crippen LogP contribution in [0, 0.1) is 10.1 Å². The second-order valence-electron chi connectivity index (χ2n) is 10.0. The quantitative estimate of drug-likeness (QED) is 0.180. The zero-order chi connectivity index (χ0) is 29.0. The average Bonchev–Trinajstić information content (AvgIpc) is 3.38. The fourth-order valence-electron chi connectivity index (χ4n) is 5.07. The van der Waals surface area contributed by atoms with E-state index in [2.05, 4.69) is 32.8 Å². The monoisotopic (exact) mass is 612 g/mol. The number of carbonyl (C=O) groups excluding carboxylic acids is 1. The molecule has 5 rings (SSSR count). The van der Waals surface area contributed by atoms with Gasteiger partial charge < -0.3 is 20.5 Å². The van der Waals surface area contributed by atoms with Crippen molar-refractivity contribution in [3.63, 3.8) is 0 Å². The lowest BCUT2D eigenvalue weighted by Gasteiger charge is -2.36. The second kappa shape index (κ2) is 13.2. The van der Waals surface area contributed by atoms with Crippen molar-refractivity contribution in [3.8, 4) is 0 Å². The number of anilines is 2. The molecule has 0 atom stereocenters. The number of aryl methyl sites for hydroxylation is 1. The number of H-pyrrole nitrogens is 1. The summed E-state index contributed by atoms with van der Waals surface area (Å²) in [6, 6.07) is 18.0. The van der Waals surface area contributed by atoms with Gasteiger partial charge in [0.15, 0.2) is 0 Å². The third-order valence-corrected chi connectivity index (χ3v) is 8.75. The molecule has 1 aliphatic rings. The first-order chi connectivity index (χ1) is 19.7. The van der Waals surface area contributed by atoms with Crippen molar-refractivity contribution in [1.82, 2.24) is 9.88 Å². The smallest absolute Gasteiger partial charge is 0.269 e. The zero-order valence-corrected chi connectivity index (χ0v) is 24.5. The number of aromatic amines is 1. The summed E-state index contributed by atoms with van der Waals surface area (Å²) in [4.78, 5) is 30.4. The number of rotatable bonds is 10. The molecule has 0 radical (unpaired) electrons. The Kier molecular flexibility index (Phi) is 9.71. The number of nitro groups is 1. The molecule has 0 unspecified atom stereocenters. The van der Waals surface area contributed by atoms with E-state index in [0.717, 1.165) is 35.3 Å². The second-order valence-corrected chi connectivity index (χ2v) is 11.7. The maximum absolute atomic E-state index is 12.9. The molecular formula is C29H33ClN6O5S. The standard InChI is InChI=1S/C29H32N6O5S.ClH/c30-14-13-22-20-31-28-11-1-21(19-27(22)28)2-12-29(36)34-17-15-33(16-18-34)24-5-3-23(4-6-24)32-41(39,40)26-9-7-25(8-10-26)35(37)38;/h1,3-11,19-20,31-32H,2,12-18,30H2;1H. The molecule has 0 saturated carbocycles. The van der Waals surface area contributed by atoms with E-state index in [4.69, 9.17) is 5.73 Å². The molecule has 1 saturated heterocycles. The Bertz CT molecular complexity index is 1650. The Balaban J connectivity index is 0.00000405. The van der Waals surface area contributed by atoms with Gasteiger partial charge >= 0.3 is 0 Å². The van der Waals surface area contributed by atoms with Crippen molar-refractivity contribution in [2.24, 2.45) is 5.73 Å². The van der Waals surface area contributed by atoms with Crippen LogP contribution in [0.15, 0.2) is 77.8 Å². The molecule has 3 aromatic carbocycles. The highest BCUT2D eigenvalue weighted by atomic mass is 35.5. The van der Waals surface area contributed by atoms with Gasteiger partial charge in [0.2, 0.25) is 5.91 Å². The Hall–Kier alpha value is -4.13. The van der Waals surface area contributed by atoms with Crippen molar-refractivity contribution in [3.05, 3.63) is 94.2 Å². The molecule has 1 amide bonds. The zero-order valence-electron chi connectivity index (χ0n) is 22.9. The number of carbonyl (C=O) groups is 1. The molecule has 2 heterocycles. The molecule has 1 fully saturated rings. The molecule has 42 heavy (non-hydrogen) atoms. The first-order valence-corrected chi connectivity index (χ1v) is 14.9. The third kappa shape index (κ3) is 7.01. The number of fused-ring (bicyclic) bond motifs is 1. The van der Waals surface area contributed by atoms with E-state index < -0.39 is 14.9 Å². The summed E-state index contributed by atoms with van der Waals surface area (Å²) >= 11 is 0. The van der Waals surface area contributed by atoms with Crippen LogP contribution in [0.25, 0.3) is 10.9 Å². The Labute approximate surface area is 250 Å². The fourth-order valence-corrected chi connectivity index (χ4v) is 6.13. The Morgan fingerprint density at radius 3 is 2.31 bits per heavy atom. The number of hydrogen-bond acceptors (Lipinski definition) is 7. The highest BCUT2D eigenvalue weighted by Crippen LogP contribution is 2.24. The lowest BCUT2D eigenvalue weighted by molar-refractivity contribution is -0.384. The maximum atomic E-state index is 12.9. The molecule has 222 valence electrons. The van der Waals surface area contributed by atoms with Crippen LogP contribution in [0.3, 0.4) is 0 Å². The van der Waals surface area contributed by atoms with E-state index >= 15 is 0 Å². The number of nitrogens with zero attached hydrogens (tertiary/aromatic N) is 3. The highest BCUT2D eigenvalue weighted by Gasteiger charge is 2.22. The number of hydrogen-bond donors (Lipinski definition) is 3. The number of nitrogens with one attached hydrogen (secondary N) is 2. The summed E-state index contributed by atoms with van der Waals surface area (Å²) in [5.41, 5.74) is 10.3. The molecule has 0 bridgehead atoms. The van der Waals surface area contributed by atoms with Gasteiger partial charge in [0.25, 0.3) is 15.7 Å². The van der Waals surface area contributed by atoms with Gasteiger partial charge in [0, 0.05) is 73.2 Å². The van der Waals surface area contributed by atoms with Crippen molar-refractivity contribution in [2.45, 2.75) is 24.2 Å². The predicted octanol–water partition coefficient (Wildman–Crippen LogP) is 4.08. The maximum Gasteiger partial charge on any atom is 0.269 e. The number of amides is 1. The van der Waals surface area contributed by atoms with Gasteiger partial charge in [-0.25, -0.2) is 8.42 Å². The number of non-ortho nitro benzene ring substituents is 1. The number of aromatic nitrogens is 1. The van der Waals surface area contributed by atoms with E-state index in [1.165, 1.54) is 23.1 Å². The molecule has 11 nitrogen and oxygen atoms in total. The topological polar surface area (TPSA) is 155 Å². The summed E-state index contributed by atoms with van der Waals surface area (Å²) in [5, 5.41) is 12.0. The largest absolute Gasteiger partial charge is 0.368 e. The van der Waals surface area contributed by atoms with Crippen molar-refractivity contribution >= 4 is 56.3 Å². The van der Waals surface area contributed by atoms with Crippen molar-refractivity contribution < 1.29 is 18.1 Å². The number of nitro benzene ring substituents is 1.